The molecule has 8 nitrogen and oxygen atoms in total. The zero-order valence-corrected chi connectivity index (χ0v) is 23.0. The molecule has 0 aliphatic carbocycles. The van der Waals surface area contributed by atoms with Gasteiger partial charge in [-0.2, -0.15) is 9.40 Å². The summed E-state index contributed by atoms with van der Waals surface area (Å²) in [5, 5.41) is 8.00. The molecule has 0 bridgehead atoms. The van der Waals surface area contributed by atoms with Crippen molar-refractivity contribution in [2.24, 2.45) is 0 Å². The van der Waals surface area contributed by atoms with E-state index in [0.717, 1.165) is 38.2 Å². The van der Waals surface area contributed by atoms with Crippen molar-refractivity contribution < 1.29 is 17.5 Å². The van der Waals surface area contributed by atoms with Crippen molar-refractivity contribution in [2.75, 3.05) is 26.3 Å². The molecule has 1 aliphatic rings. The van der Waals surface area contributed by atoms with Gasteiger partial charge in [-0.1, -0.05) is 6.07 Å². The normalized spacial score (nSPS) is 14.1. The fraction of sp³-hybridized carbons (Fsp3) is 0.160. The minimum Gasteiger partial charge on any atom is -0.379 e. The summed E-state index contributed by atoms with van der Waals surface area (Å²) >= 11 is 1.19. The highest BCUT2D eigenvalue weighted by atomic mass is 35.5. The van der Waals surface area contributed by atoms with E-state index in [9.17, 15) is 12.8 Å². The fourth-order valence-electron chi connectivity index (χ4n) is 4.26. The summed E-state index contributed by atoms with van der Waals surface area (Å²) in [7, 11) is -3.60. The third kappa shape index (κ3) is 5.18. The highest BCUT2D eigenvalue weighted by Crippen LogP contribution is 2.37. The Labute approximate surface area is 234 Å². The zero-order valence-electron chi connectivity index (χ0n) is 19.7. The van der Waals surface area contributed by atoms with Crippen LogP contribution in [0.4, 0.5) is 4.39 Å². The number of fused-ring (bicyclic) bond motifs is 1. The summed E-state index contributed by atoms with van der Waals surface area (Å²) in [5.74, 6) is -0.307. The van der Waals surface area contributed by atoms with Gasteiger partial charge in [-0.3, -0.25) is 5.10 Å². The Morgan fingerprint density at radius 3 is 2.45 bits per heavy atom. The molecule has 1 aliphatic heterocycles. The molecule has 1 saturated heterocycles. The number of nitrogens with one attached hydrogen (secondary N) is 1. The van der Waals surface area contributed by atoms with Gasteiger partial charge in [0.05, 0.1) is 41.2 Å². The third-order valence-corrected chi connectivity index (χ3v) is 9.56. The van der Waals surface area contributed by atoms with E-state index in [1.165, 1.54) is 34.1 Å². The smallest absolute Gasteiger partial charge is 0.252 e. The third-order valence-electron chi connectivity index (χ3n) is 6.10. The van der Waals surface area contributed by atoms with Crippen molar-refractivity contribution >= 4 is 57.1 Å². The monoisotopic (exact) mass is 593 g/mol. The molecule has 2 aromatic carbocycles. The highest BCUT2D eigenvalue weighted by Gasteiger charge is 2.28. The van der Waals surface area contributed by atoms with Gasteiger partial charge in [-0.25, -0.2) is 22.8 Å². The molecule has 4 heterocycles. The second kappa shape index (κ2) is 11.4. The van der Waals surface area contributed by atoms with Crippen LogP contribution in [-0.2, 0) is 14.8 Å². The van der Waals surface area contributed by atoms with Crippen molar-refractivity contribution in [2.45, 2.75) is 4.21 Å². The zero-order chi connectivity index (χ0) is 24.7. The van der Waals surface area contributed by atoms with E-state index < -0.39 is 10.0 Å². The van der Waals surface area contributed by atoms with Crippen LogP contribution in [-0.4, -0.2) is 59.2 Å². The number of hydrogen-bond donors (Lipinski definition) is 1. The first-order valence-electron chi connectivity index (χ1n) is 11.2. The Kier molecular flexibility index (Phi) is 8.46. The standard InChI is InChI=1S/C25H20FN5O3S2.2ClH/c26-18-4-1-16(2-5-18)24-20(14-29-30-24)17-3-6-21-19(13-17)25(28-15-27-21)22-7-8-23(35-22)36(32,33)31-9-11-34-12-10-31;;/h1-8,13-15H,9-12H2,(H,29,30);2*1H. The molecular formula is C25H22Cl2FN5O3S2. The Hall–Kier alpha value is -2.93. The second-order valence-corrected chi connectivity index (χ2v) is 11.5. The molecule has 0 radical (unpaired) electrons. The van der Waals surface area contributed by atoms with Crippen LogP contribution in [0.5, 0.6) is 0 Å². The van der Waals surface area contributed by atoms with Crippen LogP contribution in [0.15, 0.2) is 71.3 Å². The van der Waals surface area contributed by atoms with E-state index in [-0.39, 0.29) is 34.8 Å². The number of ether oxygens (including phenoxy) is 1. The Morgan fingerprint density at radius 2 is 1.68 bits per heavy atom. The molecule has 6 rings (SSSR count). The first-order chi connectivity index (χ1) is 17.5. The molecule has 0 saturated carbocycles. The first-order valence-corrected chi connectivity index (χ1v) is 13.5. The maximum atomic E-state index is 13.4. The van der Waals surface area contributed by atoms with Crippen LogP contribution in [0.2, 0.25) is 0 Å². The summed E-state index contributed by atoms with van der Waals surface area (Å²) in [5.41, 5.74) is 4.69. The Bertz CT molecular complexity index is 1670. The summed E-state index contributed by atoms with van der Waals surface area (Å²) in [6.07, 6.45) is 3.20. The van der Waals surface area contributed by atoms with Crippen LogP contribution in [0.25, 0.3) is 43.9 Å². The van der Waals surface area contributed by atoms with Crippen LogP contribution in [0, 0.1) is 5.82 Å². The lowest BCUT2D eigenvalue weighted by molar-refractivity contribution is 0.0731. The Balaban J connectivity index is 0.00000168. The summed E-state index contributed by atoms with van der Waals surface area (Å²) in [6.45, 7) is 1.47. The minimum atomic E-state index is -3.60. The molecule has 0 spiro atoms. The maximum Gasteiger partial charge on any atom is 0.252 e. The molecule has 198 valence electrons. The van der Waals surface area contributed by atoms with E-state index in [1.807, 2.05) is 18.2 Å². The maximum absolute atomic E-state index is 13.4. The van der Waals surface area contributed by atoms with Crippen molar-refractivity contribution in [3.63, 3.8) is 0 Å². The van der Waals surface area contributed by atoms with Crippen LogP contribution in [0.1, 0.15) is 0 Å². The molecule has 5 aromatic rings. The number of H-pyrrole nitrogens is 1. The van der Waals surface area contributed by atoms with E-state index in [4.69, 9.17) is 4.74 Å². The highest BCUT2D eigenvalue weighted by molar-refractivity contribution is 7.91. The molecule has 0 unspecified atom stereocenters. The van der Waals surface area contributed by atoms with Crippen molar-refractivity contribution in [1.29, 1.82) is 0 Å². The average Bonchev–Trinajstić information content (AvgIpc) is 3.60. The van der Waals surface area contributed by atoms with Crippen molar-refractivity contribution in [3.8, 4) is 33.0 Å². The van der Waals surface area contributed by atoms with Crippen molar-refractivity contribution in [1.82, 2.24) is 24.5 Å². The van der Waals surface area contributed by atoms with Gasteiger partial charge in [0.1, 0.15) is 16.4 Å². The summed E-state index contributed by atoms with van der Waals surface area (Å²) in [4.78, 5) is 9.63. The summed E-state index contributed by atoms with van der Waals surface area (Å²) < 4.78 is 46.7. The molecule has 13 heteroatoms. The number of halogens is 3. The number of hydrogen-bond acceptors (Lipinski definition) is 7. The molecule has 0 atom stereocenters. The molecule has 38 heavy (non-hydrogen) atoms. The number of rotatable bonds is 5. The molecule has 0 amide bonds. The molecule has 3 aromatic heterocycles. The average molecular weight is 595 g/mol. The predicted octanol–water partition coefficient (Wildman–Crippen LogP) is 5.42. The summed E-state index contributed by atoms with van der Waals surface area (Å²) in [6, 6.07) is 15.4. The fourth-order valence-corrected chi connectivity index (χ4v) is 7.14. The van der Waals surface area contributed by atoms with Gasteiger partial charge in [0.25, 0.3) is 10.0 Å². The van der Waals surface area contributed by atoms with E-state index in [1.54, 1.807) is 30.5 Å². The Morgan fingerprint density at radius 1 is 0.947 bits per heavy atom. The van der Waals surface area contributed by atoms with Gasteiger partial charge in [-0.15, -0.1) is 36.2 Å². The van der Waals surface area contributed by atoms with Gasteiger partial charge >= 0.3 is 0 Å². The number of nitrogens with zero attached hydrogens (tertiary/aromatic N) is 4. The first kappa shape index (κ1) is 28.1. The van der Waals surface area contributed by atoms with Gasteiger partial charge in [-0.05, 0) is 54.1 Å². The van der Waals surface area contributed by atoms with E-state index in [2.05, 4.69) is 20.2 Å². The molecule has 1 fully saturated rings. The second-order valence-electron chi connectivity index (χ2n) is 8.25. The lowest BCUT2D eigenvalue weighted by Crippen LogP contribution is -2.40. The van der Waals surface area contributed by atoms with E-state index in [0.29, 0.717) is 32.0 Å². The number of thiophene rings is 1. The van der Waals surface area contributed by atoms with Gasteiger partial charge in [0, 0.05) is 29.6 Å². The lowest BCUT2D eigenvalue weighted by atomic mass is 9.99. The number of morpholine rings is 1. The number of aromatic amines is 1. The van der Waals surface area contributed by atoms with Crippen molar-refractivity contribution in [3.05, 3.63) is 72.9 Å². The van der Waals surface area contributed by atoms with E-state index >= 15 is 0 Å². The van der Waals surface area contributed by atoms with Gasteiger partial charge < -0.3 is 4.74 Å². The van der Waals surface area contributed by atoms with Gasteiger partial charge in [0.15, 0.2) is 0 Å². The SMILES string of the molecule is Cl.Cl.O=S(=O)(c1ccc(-c2ncnc3ccc(-c4cn[nH]c4-c4ccc(F)cc4)cc23)s1)N1CCOCC1. The number of sulfonamides is 1. The van der Waals surface area contributed by atoms with Crippen LogP contribution < -0.4 is 0 Å². The largest absolute Gasteiger partial charge is 0.379 e. The number of benzene rings is 2. The predicted molar refractivity (Wildman–Crippen MR) is 150 cm³/mol. The topological polar surface area (TPSA) is 101 Å². The van der Waals surface area contributed by atoms with Crippen LogP contribution >= 0.6 is 36.2 Å². The molecule has 1 N–H and O–H groups in total. The quantitative estimate of drug-likeness (QED) is 0.292. The minimum absolute atomic E-state index is 0. The number of aromatic nitrogens is 4. The lowest BCUT2D eigenvalue weighted by Gasteiger charge is -2.25. The molecular weight excluding hydrogens is 572 g/mol. The van der Waals surface area contributed by atoms with Gasteiger partial charge in [0.2, 0.25) is 0 Å². The van der Waals surface area contributed by atoms with Crippen LogP contribution in [0.3, 0.4) is 0 Å².